The number of phenols is 1. The predicted octanol–water partition coefficient (Wildman–Crippen LogP) is 4.28. The van der Waals surface area contributed by atoms with E-state index in [0.717, 1.165) is 23.6 Å². The van der Waals surface area contributed by atoms with Crippen molar-refractivity contribution >= 4 is 16.3 Å². The van der Waals surface area contributed by atoms with Crippen LogP contribution in [0.2, 0.25) is 0 Å². The predicted molar refractivity (Wildman–Crippen MR) is 111 cm³/mol. The summed E-state index contributed by atoms with van der Waals surface area (Å²) in [7, 11) is 0. The fourth-order valence-corrected chi connectivity index (χ4v) is 4.83. The number of hydrogen-bond acceptors (Lipinski definition) is 5. The number of benzene rings is 1. The van der Waals surface area contributed by atoms with Crippen molar-refractivity contribution in [3.05, 3.63) is 55.0 Å². The number of nitrogens with one attached hydrogen (secondary N) is 1. The summed E-state index contributed by atoms with van der Waals surface area (Å²) in [5.41, 5.74) is 2.44. The molecule has 2 aliphatic heterocycles. The van der Waals surface area contributed by atoms with Crippen LogP contribution in [0, 0.1) is 5.92 Å². The monoisotopic (exact) mass is 390 g/mol. The Kier molecular flexibility index (Phi) is 4.13. The van der Waals surface area contributed by atoms with Crippen LogP contribution in [0.15, 0.2) is 49.3 Å². The Balaban J connectivity index is 1.43. The molecule has 148 valence electrons. The lowest BCUT2D eigenvalue weighted by molar-refractivity contribution is 0.135. The Labute approximate surface area is 168 Å². The maximum atomic E-state index is 15.0. The standard InChI is InChI=1S/C23H23FN4O/c1-13(17-11-23(2)7-5-20(26-23)22(17)24)18-3-4-19(28-27-18)16-9-14-6-8-25-12-15(14)10-21(16)29/h3-4,6,8-10,12,17,20,22,26,29H,1,5,7,11H2,2H3/t17-,20?,22-,23+/m1/s1. The molecule has 2 fully saturated rings. The number of alkyl halides is 1. The number of fused-ring (bicyclic) bond motifs is 3. The molecule has 2 aliphatic rings. The number of aromatic nitrogens is 3. The molecule has 29 heavy (non-hydrogen) atoms. The van der Waals surface area contributed by atoms with Crippen molar-refractivity contribution in [2.45, 2.75) is 43.9 Å². The van der Waals surface area contributed by atoms with Crippen LogP contribution in [0.1, 0.15) is 31.9 Å². The summed E-state index contributed by atoms with van der Waals surface area (Å²) in [6.07, 6.45) is 5.02. The smallest absolute Gasteiger partial charge is 0.125 e. The van der Waals surface area contributed by atoms with Gasteiger partial charge in [0.1, 0.15) is 11.9 Å². The minimum absolute atomic E-state index is 0.0278. The van der Waals surface area contributed by atoms with Crippen molar-refractivity contribution in [1.82, 2.24) is 20.5 Å². The number of aromatic hydroxyl groups is 1. The molecule has 0 amide bonds. The average molecular weight is 390 g/mol. The summed E-state index contributed by atoms with van der Waals surface area (Å²) < 4.78 is 15.0. The molecule has 1 aromatic carbocycles. The summed E-state index contributed by atoms with van der Waals surface area (Å²) >= 11 is 0. The highest BCUT2D eigenvalue weighted by Gasteiger charge is 2.49. The molecule has 5 rings (SSSR count). The Bertz CT molecular complexity index is 1100. The molecular formula is C23H23FN4O. The molecule has 4 atom stereocenters. The maximum Gasteiger partial charge on any atom is 0.125 e. The number of halogens is 1. The van der Waals surface area contributed by atoms with E-state index in [9.17, 15) is 9.50 Å². The van der Waals surface area contributed by atoms with Gasteiger partial charge in [0.2, 0.25) is 0 Å². The molecule has 3 aromatic rings. The largest absolute Gasteiger partial charge is 0.507 e. The highest BCUT2D eigenvalue weighted by molar-refractivity contribution is 5.89. The summed E-state index contributed by atoms with van der Waals surface area (Å²) in [5.74, 6) is -0.131. The van der Waals surface area contributed by atoms with Gasteiger partial charge in [-0.05, 0) is 67.5 Å². The van der Waals surface area contributed by atoms with Gasteiger partial charge in [-0.3, -0.25) is 4.98 Å². The van der Waals surface area contributed by atoms with Gasteiger partial charge in [-0.15, -0.1) is 5.10 Å². The topological polar surface area (TPSA) is 70.9 Å². The molecule has 0 aliphatic carbocycles. The summed E-state index contributed by atoms with van der Waals surface area (Å²) in [5, 5.41) is 24.3. The van der Waals surface area contributed by atoms with Crippen molar-refractivity contribution in [3.63, 3.8) is 0 Å². The Morgan fingerprint density at radius 2 is 2.10 bits per heavy atom. The molecular weight excluding hydrogens is 367 g/mol. The molecule has 6 heteroatoms. The van der Waals surface area contributed by atoms with E-state index in [2.05, 4.69) is 34.0 Å². The van der Waals surface area contributed by atoms with E-state index < -0.39 is 6.17 Å². The lowest BCUT2D eigenvalue weighted by Gasteiger charge is -2.39. The second kappa shape index (κ2) is 6.59. The van der Waals surface area contributed by atoms with Crippen molar-refractivity contribution in [1.29, 1.82) is 0 Å². The van der Waals surface area contributed by atoms with Crippen molar-refractivity contribution in [2.75, 3.05) is 0 Å². The SMILES string of the molecule is C=C(c1ccc(-c2cc3ccncc3cc2O)nn1)[C@H]1C[C@]2(C)CCC(N2)[C@@H]1F. The maximum absolute atomic E-state index is 15.0. The number of piperidine rings is 1. The van der Waals surface area contributed by atoms with E-state index in [1.807, 2.05) is 18.2 Å². The van der Waals surface area contributed by atoms with Crippen LogP contribution in [0.25, 0.3) is 27.6 Å². The zero-order valence-electron chi connectivity index (χ0n) is 16.3. The number of allylic oxidation sites excluding steroid dienone is 1. The van der Waals surface area contributed by atoms with Crippen LogP contribution in [0.3, 0.4) is 0 Å². The first-order valence-corrected chi connectivity index (χ1v) is 9.95. The first-order chi connectivity index (χ1) is 13.9. The molecule has 1 unspecified atom stereocenters. The quantitative estimate of drug-likeness (QED) is 0.699. The molecule has 2 saturated heterocycles. The molecule has 2 aromatic heterocycles. The highest BCUT2D eigenvalue weighted by Crippen LogP contribution is 2.44. The summed E-state index contributed by atoms with van der Waals surface area (Å²) in [4.78, 5) is 4.07. The lowest BCUT2D eigenvalue weighted by Crippen LogP contribution is -2.53. The van der Waals surface area contributed by atoms with Crippen LogP contribution >= 0.6 is 0 Å². The molecule has 0 saturated carbocycles. The molecule has 4 heterocycles. The highest BCUT2D eigenvalue weighted by atomic mass is 19.1. The van der Waals surface area contributed by atoms with Gasteiger partial charge in [0.15, 0.2) is 0 Å². The first kappa shape index (κ1) is 18.2. The van der Waals surface area contributed by atoms with Crippen LogP contribution in [0.4, 0.5) is 4.39 Å². The summed E-state index contributed by atoms with van der Waals surface area (Å²) in [6, 6.07) is 8.95. The fraction of sp³-hybridized carbons (Fsp3) is 0.348. The molecule has 0 radical (unpaired) electrons. The molecule has 0 spiro atoms. The molecule has 2 bridgehead atoms. The number of nitrogens with zero attached hydrogens (tertiary/aromatic N) is 3. The Hall–Kier alpha value is -2.86. The van der Waals surface area contributed by atoms with Gasteiger partial charge < -0.3 is 10.4 Å². The lowest BCUT2D eigenvalue weighted by atomic mass is 9.78. The zero-order chi connectivity index (χ0) is 20.2. The van der Waals surface area contributed by atoms with Crippen LogP contribution < -0.4 is 5.32 Å². The molecule has 5 nitrogen and oxygen atoms in total. The average Bonchev–Trinajstić information content (AvgIpc) is 3.07. The van der Waals surface area contributed by atoms with Gasteiger partial charge in [-0.25, -0.2) is 4.39 Å². The van der Waals surface area contributed by atoms with Gasteiger partial charge in [-0.1, -0.05) is 6.58 Å². The normalized spacial score (nSPS) is 28.6. The van der Waals surface area contributed by atoms with Crippen LogP contribution in [-0.4, -0.2) is 38.0 Å². The van der Waals surface area contributed by atoms with Crippen molar-refractivity contribution < 1.29 is 9.50 Å². The van der Waals surface area contributed by atoms with Gasteiger partial charge in [0.05, 0.1) is 11.4 Å². The van der Waals surface area contributed by atoms with E-state index in [4.69, 9.17) is 0 Å². The van der Waals surface area contributed by atoms with Gasteiger partial charge >= 0.3 is 0 Å². The van der Waals surface area contributed by atoms with Crippen molar-refractivity contribution in [2.24, 2.45) is 5.92 Å². The first-order valence-electron chi connectivity index (χ1n) is 9.95. The zero-order valence-corrected chi connectivity index (χ0v) is 16.3. The molecule has 2 N–H and O–H groups in total. The second-order valence-electron chi connectivity index (χ2n) is 8.53. The Morgan fingerprint density at radius 3 is 2.90 bits per heavy atom. The van der Waals surface area contributed by atoms with Crippen molar-refractivity contribution in [3.8, 4) is 17.0 Å². The van der Waals surface area contributed by atoms with E-state index in [1.54, 1.807) is 24.5 Å². The Morgan fingerprint density at radius 1 is 1.24 bits per heavy atom. The number of phenolic OH excluding ortho intramolecular Hbond substituents is 1. The second-order valence-corrected chi connectivity index (χ2v) is 8.53. The van der Waals surface area contributed by atoms with E-state index >= 15 is 0 Å². The number of hydrogen-bond donors (Lipinski definition) is 2. The minimum Gasteiger partial charge on any atom is -0.507 e. The van der Waals surface area contributed by atoms with Gasteiger partial charge in [0.25, 0.3) is 0 Å². The van der Waals surface area contributed by atoms with E-state index in [0.29, 0.717) is 28.9 Å². The third kappa shape index (κ3) is 3.08. The number of rotatable bonds is 3. The van der Waals surface area contributed by atoms with Gasteiger partial charge in [0, 0.05) is 40.8 Å². The minimum atomic E-state index is -0.960. The van der Waals surface area contributed by atoms with Crippen LogP contribution in [0.5, 0.6) is 5.75 Å². The van der Waals surface area contributed by atoms with Crippen LogP contribution in [-0.2, 0) is 0 Å². The summed E-state index contributed by atoms with van der Waals surface area (Å²) in [6.45, 7) is 6.32. The number of pyridine rings is 1. The third-order valence-corrected chi connectivity index (χ3v) is 6.45. The van der Waals surface area contributed by atoms with Gasteiger partial charge in [-0.2, -0.15) is 5.10 Å². The van der Waals surface area contributed by atoms with E-state index in [1.165, 1.54) is 0 Å². The fourth-order valence-electron chi connectivity index (χ4n) is 4.83. The third-order valence-electron chi connectivity index (χ3n) is 6.45. The van der Waals surface area contributed by atoms with E-state index in [-0.39, 0.29) is 23.2 Å².